The van der Waals surface area contributed by atoms with Crippen molar-refractivity contribution in [3.63, 3.8) is 0 Å². The molecule has 0 unspecified atom stereocenters. The molecule has 0 heterocycles. The number of ether oxygens (including phenoxy) is 1. The van der Waals surface area contributed by atoms with Gasteiger partial charge in [-0.25, -0.2) is 9.18 Å². The van der Waals surface area contributed by atoms with Crippen LogP contribution in [0.25, 0.3) is 0 Å². The lowest BCUT2D eigenvalue weighted by atomic mass is 10.1. The maximum atomic E-state index is 13.0. The zero-order chi connectivity index (χ0) is 11.3. The number of halogens is 1. The summed E-state index contributed by atoms with van der Waals surface area (Å²) in [4.78, 5) is 10.6. The van der Waals surface area contributed by atoms with Gasteiger partial charge in [-0.3, -0.25) is 0 Å². The molecule has 0 fully saturated rings. The fourth-order valence-electron chi connectivity index (χ4n) is 1.12. The van der Waals surface area contributed by atoms with Crippen molar-refractivity contribution in [1.29, 1.82) is 0 Å². The second-order valence-corrected chi connectivity index (χ2v) is 2.96. The van der Waals surface area contributed by atoms with Gasteiger partial charge >= 0.3 is 5.97 Å². The van der Waals surface area contributed by atoms with Crippen molar-refractivity contribution in [3.8, 4) is 0 Å². The third-order valence-electron chi connectivity index (χ3n) is 1.71. The lowest BCUT2D eigenvalue weighted by molar-refractivity contribution is 0.0696. The fraction of sp³-hybridized carbons (Fsp3) is 0.182. The molecule has 0 aromatic heterocycles. The molecule has 0 aliphatic heterocycles. The van der Waals surface area contributed by atoms with Crippen LogP contribution in [0.1, 0.15) is 15.9 Å². The van der Waals surface area contributed by atoms with E-state index < -0.39 is 11.8 Å². The van der Waals surface area contributed by atoms with E-state index in [1.807, 2.05) is 0 Å². The Balaban J connectivity index is 2.79. The maximum absolute atomic E-state index is 13.0. The van der Waals surface area contributed by atoms with Gasteiger partial charge in [0, 0.05) is 0 Å². The molecular weight excluding hydrogens is 199 g/mol. The van der Waals surface area contributed by atoms with E-state index in [9.17, 15) is 9.18 Å². The Hall–Kier alpha value is -1.68. The van der Waals surface area contributed by atoms with Gasteiger partial charge in [-0.2, -0.15) is 0 Å². The molecule has 0 aliphatic carbocycles. The summed E-state index contributed by atoms with van der Waals surface area (Å²) >= 11 is 0. The maximum Gasteiger partial charge on any atom is 0.335 e. The van der Waals surface area contributed by atoms with Gasteiger partial charge in [0.2, 0.25) is 0 Å². The highest BCUT2D eigenvalue weighted by atomic mass is 19.1. The number of rotatable bonds is 5. The monoisotopic (exact) mass is 210 g/mol. The SMILES string of the molecule is C=CCOCc1cc(F)cc(C(=O)O)c1. The highest BCUT2D eigenvalue weighted by molar-refractivity contribution is 5.87. The van der Waals surface area contributed by atoms with E-state index in [2.05, 4.69) is 6.58 Å². The van der Waals surface area contributed by atoms with Crippen LogP contribution in [0.15, 0.2) is 30.9 Å². The first kappa shape index (κ1) is 11.4. The Kier molecular flexibility index (Phi) is 4.00. The van der Waals surface area contributed by atoms with Crippen LogP contribution in [-0.4, -0.2) is 17.7 Å². The largest absolute Gasteiger partial charge is 0.478 e. The van der Waals surface area contributed by atoms with Gasteiger partial charge in [-0.15, -0.1) is 6.58 Å². The van der Waals surface area contributed by atoms with Gasteiger partial charge < -0.3 is 9.84 Å². The van der Waals surface area contributed by atoms with Gasteiger partial charge in [0.15, 0.2) is 0 Å². The Morgan fingerprint density at radius 3 is 2.87 bits per heavy atom. The lowest BCUT2D eigenvalue weighted by Gasteiger charge is -2.03. The standard InChI is InChI=1S/C11H11FO3/c1-2-3-15-7-8-4-9(11(13)14)6-10(12)5-8/h2,4-6H,1,3,7H2,(H,13,14). The highest BCUT2D eigenvalue weighted by Crippen LogP contribution is 2.10. The fourth-order valence-corrected chi connectivity index (χ4v) is 1.12. The molecule has 3 nitrogen and oxygen atoms in total. The molecular formula is C11H11FO3. The smallest absolute Gasteiger partial charge is 0.335 e. The first-order valence-electron chi connectivity index (χ1n) is 4.35. The molecule has 1 aromatic rings. The van der Waals surface area contributed by atoms with Crippen molar-refractivity contribution in [3.05, 3.63) is 47.8 Å². The Morgan fingerprint density at radius 1 is 1.53 bits per heavy atom. The molecule has 4 heteroatoms. The predicted octanol–water partition coefficient (Wildman–Crippen LogP) is 2.23. The average molecular weight is 210 g/mol. The van der Waals surface area contributed by atoms with Gasteiger partial charge in [0.25, 0.3) is 0 Å². The number of carbonyl (C=O) groups is 1. The van der Waals surface area contributed by atoms with Gasteiger partial charge in [0.05, 0.1) is 18.8 Å². The molecule has 15 heavy (non-hydrogen) atoms. The van der Waals surface area contributed by atoms with Gasteiger partial charge in [-0.1, -0.05) is 6.08 Å². The molecule has 0 atom stereocenters. The zero-order valence-corrected chi connectivity index (χ0v) is 8.07. The van der Waals surface area contributed by atoms with E-state index in [-0.39, 0.29) is 12.2 Å². The van der Waals surface area contributed by atoms with E-state index in [0.717, 1.165) is 6.07 Å². The molecule has 0 bridgehead atoms. The first-order chi connectivity index (χ1) is 7.13. The molecule has 1 N–H and O–H groups in total. The summed E-state index contributed by atoms with van der Waals surface area (Å²) < 4.78 is 18.0. The quantitative estimate of drug-likeness (QED) is 0.598. The van der Waals surface area contributed by atoms with Crippen LogP contribution in [-0.2, 0) is 11.3 Å². The highest BCUT2D eigenvalue weighted by Gasteiger charge is 2.06. The van der Waals surface area contributed by atoms with Crippen LogP contribution in [0.2, 0.25) is 0 Å². The van der Waals surface area contributed by atoms with Crippen LogP contribution < -0.4 is 0 Å². The van der Waals surface area contributed by atoms with Gasteiger partial charge in [-0.05, 0) is 23.8 Å². The first-order valence-corrected chi connectivity index (χ1v) is 4.35. The lowest BCUT2D eigenvalue weighted by Crippen LogP contribution is -2.00. The van der Waals surface area contributed by atoms with Crippen LogP contribution in [0.5, 0.6) is 0 Å². The van der Waals surface area contributed by atoms with E-state index in [1.165, 1.54) is 12.1 Å². The Labute approximate surface area is 86.8 Å². The van der Waals surface area contributed by atoms with Crippen molar-refractivity contribution in [2.24, 2.45) is 0 Å². The second kappa shape index (κ2) is 5.26. The van der Waals surface area contributed by atoms with Crippen molar-refractivity contribution < 1.29 is 19.0 Å². The van der Waals surface area contributed by atoms with Crippen molar-refractivity contribution in [1.82, 2.24) is 0 Å². The average Bonchev–Trinajstić information content (AvgIpc) is 2.17. The summed E-state index contributed by atoms with van der Waals surface area (Å²) in [6, 6.07) is 3.60. The Morgan fingerprint density at radius 2 is 2.27 bits per heavy atom. The summed E-state index contributed by atoms with van der Waals surface area (Å²) in [6.07, 6.45) is 1.57. The third kappa shape index (κ3) is 3.52. The minimum atomic E-state index is -1.15. The summed E-state index contributed by atoms with van der Waals surface area (Å²) in [5.74, 6) is -1.73. The van der Waals surface area contributed by atoms with Crippen LogP contribution in [0, 0.1) is 5.82 Å². The van der Waals surface area contributed by atoms with Crippen LogP contribution in [0.4, 0.5) is 4.39 Å². The molecule has 1 aromatic carbocycles. The summed E-state index contributed by atoms with van der Waals surface area (Å²) in [5.41, 5.74) is 0.418. The molecule has 1 rings (SSSR count). The number of aromatic carboxylic acids is 1. The molecule has 0 radical (unpaired) electrons. The molecule has 0 spiro atoms. The summed E-state index contributed by atoms with van der Waals surface area (Å²) in [6.45, 7) is 3.98. The van der Waals surface area contributed by atoms with E-state index in [4.69, 9.17) is 9.84 Å². The van der Waals surface area contributed by atoms with Crippen LogP contribution in [0.3, 0.4) is 0 Å². The summed E-state index contributed by atoms with van der Waals surface area (Å²) in [5, 5.41) is 8.68. The molecule has 80 valence electrons. The molecule has 0 saturated carbocycles. The molecule has 0 amide bonds. The summed E-state index contributed by atoms with van der Waals surface area (Å²) in [7, 11) is 0. The predicted molar refractivity (Wildman–Crippen MR) is 53.2 cm³/mol. The minimum absolute atomic E-state index is 0.0767. The minimum Gasteiger partial charge on any atom is -0.478 e. The van der Waals surface area contributed by atoms with E-state index in [1.54, 1.807) is 6.08 Å². The second-order valence-electron chi connectivity index (χ2n) is 2.96. The van der Waals surface area contributed by atoms with Crippen molar-refractivity contribution >= 4 is 5.97 Å². The van der Waals surface area contributed by atoms with E-state index >= 15 is 0 Å². The normalized spacial score (nSPS) is 9.93. The number of carboxylic acid groups (broad SMARTS) is 1. The number of carboxylic acids is 1. The van der Waals surface area contributed by atoms with Crippen LogP contribution >= 0.6 is 0 Å². The number of hydrogen-bond donors (Lipinski definition) is 1. The number of hydrogen-bond acceptors (Lipinski definition) is 2. The third-order valence-corrected chi connectivity index (χ3v) is 1.71. The zero-order valence-electron chi connectivity index (χ0n) is 8.07. The van der Waals surface area contributed by atoms with Crippen molar-refractivity contribution in [2.45, 2.75) is 6.61 Å². The van der Waals surface area contributed by atoms with Crippen molar-refractivity contribution in [2.75, 3.05) is 6.61 Å². The van der Waals surface area contributed by atoms with E-state index in [0.29, 0.717) is 12.2 Å². The molecule has 0 aliphatic rings. The Bertz CT molecular complexity index is 374. The number of benzene rings is 1. The molecule has 0 saturated heterocycles. The topological polar surface area (TPSA) is 46.5 Å². The van der Waals surface area contributed by atoms with Gasteiger partial charge in [0.1, 0.15) is 5.82 Å².